The lowest BCUT2D eigenvalue weighted by atomic mass is 9.94. The van der Waals surface area contributed by atoms with Crippen LogP contribution in [-0.2, 0) is 17.6 Å². The monoisotopic (exact) mass is 281 g/mol. The van der Waals surface area contributed by atoms with Crippen LogP contribution in [0.4, 0.5) is 0 Å². The number of ether oxygens (including phenoxy) is 2. The van der Waals surface area contributed by atoms with Crippen LogP contribution in [0.5, 0.6) is 5.75 Å². The molecular formula is C15H20ClNO2. The number of halogens is 1. The van der Waals surface area contributed by atoms with Crippen molar-refractivity contribution >= 4 is 11.6 Å². The van der Waals surface area contributed by atoms with Crippen LogP contribution in [0.1, 0.15) is 24.0 Å². The van der Waals surface area contributed by atoms with E-state index in [1.807, 2.05) is 12.1 Å². The standard InChI is InChI=1S/C15H20ClNO2/c16-13-6-11-2-4-19-15(11)12(7-13)8-14(17)5-10-1-3-18-9-10/h6-7,10,14H,1-5,8-9,17H2. The molecule has 0 spiro atoms. The normalized spacial score (nSPS) is 23.2. The van der Waals surface area contributed by atoms with E-state index in [0.717, 1.165) is 61.8 Å². The third-order valence-electron chi connectivity index (χ3n) is 3.97. The zero-order valence-electron chi connectivity index (χ0n) is 11.0. The highest BCUT2D eigenvalue weighted by atomic mass is 35.5. The molecular weight excluding hydrogens is 262 g/mol. The first-order valence-electron chi connectivity index (χ1n) is 7.00. The Morgan fingerprint density at radius 2 is 2.26 bits per heavy atom. The minimum atomic E-state index is 0.151. The van der Waals surface area contributed by atoms with Crippen LogP contribution in [-0.4, -0.2) is 25.9 Å². The van der Waals surface area contributed by atoms with Gasteiger partial charge in [-0.15, -0.1) is 0 Å². The van der Waals surface area contributed by atoms with E-state index in [1.54, 1.807) is 0 Å². The zero-order valence-corrected chi connectivity index (χ0v) is 11.8. The van der Waals surface area contributed by atoms with Gasteiger partial charge >= 0.3 is 0 Å². The van der Waals surface area contributed by atoms with Crippen LogP contribution >= 0.6 is 11.6 Å². The Labute approximate surface area is 119 Å². The molecule has 3 nitrogen and oxygen atoms in total. The molecule has 1 saturated heterocycles. The molecule has 0 bridgehead atoms. The summed E-state index contributed by atoms with van der Waals surface area (Å²) < 4.78 is 11.1. The lowest BCUT2D eigenvalue weighted by molar-refractivity contribution is 0.182. The Morgan fingerprint density at radius 3 is 3.05 bits per heavy atom. The maximum absolute atomic E-state index is 6.28. The second-order valence-electron chi connectivity index (χ2n) is 5.58. The third-order valence-corrected chi connectivity index (χ3v) is 4.19. The molecule has 2 aliphatic heterocycles. The Balaban J connectivity index is 1.68. The van der Waals surface area contributed by atoms with Crippen molar-refractivity contribution in [3.63, 3.8) is 0 Å². The maximum atomic E-state index is 6.28. The summed E-state index contributed by atoms with van der Waals surface area (Å²) in [6.07, 6.45) is 3.94. The van der Waals surface area contributed by atoms with Gasteiger partial charge in [-0.05, 0) is 48.4 Å². The summed E-state index contributed by atoms with van der Waals surface area (Å²) in [7, 11) is 0. The minimum Gasteiger partial charge on any atom is -0.493 e. The van der Waals surface area contributed by atoms with Gasteiger partial charge in [0, 0.05) is 30.7 Å². The summed E-state index contributed by atoms with van der Waals surface area (Å²) >= 11 is 6.17. The molecule has 3 rings (SSSR count). The highest BCUT2D eigenvalue weighted by Crippen LogP contribution is 2.34. The first-order chi connectivity index (χ1) is 9.22. The fraction of sp³-hybridized carbons (Fsp3) is 0.600. The van der Waals surface area contributed by atoms with Gasteiger partial charge in [-0.2, -0.15) is 0 Å². The fourth-order valence-corrected chi connectivity index (χ4v) is 3.32. The maximum Gasteiger partial charge on any atom is 0.125 e. The molecule has 2 aliphatic rings. The van der Waals surface area contributed by atoms with Crippen molar-refractivity contribution in [1.82, 2.24) is 0 Å². The van der Waals surface area contributed by atoms with Crippen LogP contribution in [0.15, 0.2) is 12.1 Å². The molecule has 19 heavy (non-hydrogen) atoms. The molecule has 104 valence electrons. The van der Waals surface area contributed by atoms with Crippen LogP contribution in [0.25, 0.3) is 0 Å². The van der Waals surface area contributed by atoms with E-state index in [4.69, 9.17) is 26.8 Å². The lowest BCUT2D eigenvalue weighted by Gasteiger charge is -2.17. The van der Waals surface area contributed by atoms with E-state index in [9.17, 15) is 0 Å². The van der Waals surface area contributed by atoms with Crippen molar-refractivity contribution in [3.05, 3.63) is 28.3 Å². The van der Waals surface area contributed by atoms with E-state index < -0.39 is 0 Å². The first kappa shape index (κ1) is 13.2. The van der Waals surface area contributed by atoms with Crippen LogP contribution in [0, 0.1) is 5.92 Å². The average molecular weight is 282 g/mol. The van der Waals surface area contributed by atoms with Crippen molar-refractivity contribution in [2.45, 2.75) is 31.7 Å². The molecule has 2 atom stereocenters. The molecule has 1 fully saturated rings. The van der Waals surface area contributed by atoms with E-state index in [-0.39, 0.29) is 6.04 Å². The Kier molecular flexibility index (Phi) is 3.96. The molecule has 2 heterocycles. The van der Waals surface area contributed by atoms with Gasteiger partial charge in [0.15, 0.2) is 0 Å². The van der Waals surface area contributed by atoms with E-state index in [0.29, 0.717) is 5.92 Å². The summed E-state index contributed by atoms with van der Waals surface area (Å²) in [5, 5.41) is 0.788. The number of hydrogen-bond donors (Lipinski definition) is 1. The van der Waals surface area contributed by atoms with Crippen molar-refractivity contribution in [1.29, 1.82) is 0 Å². The van der Waals surface area contributed by atoms with Crippen molar-refractivity contribution in [3.8, 4) is 5.75 Å². The first-order valence-corrected chi connectivity index (χ1v) is 7.37. The Hall–Kier alpha value is -0.770. The molecule has 1 aromatic rings. The second-order valence-corrected chi connectivity index (χ2v) is 6.02. The van der Waals surface area contributed by atoms with Crippen LogP contribution < -0.4 is 10.5 Å². The smallest absolute Gasteiger partial charge is 0.125 e. The fourth-order valence-electron chi connectivity index (χ4n) is 3.06. The number of rotatable bonds is 4. The van der Waals surface area contributed by atoms with Crippen molar-refractivity contribution in [2.24, 2.45) is 11.7 Å². The van der Waals surface area contributed by atoms with Gasteiger partial charge in [0.05, 0.1) is 6.61 Å². The van der Waals surface area contributed by atoms with Crippen LogP contribution in [0.3, 0.4) is 0 Å². The predicted molar refractivity (Wildman–Crippen MR) is 75.9 cm³/mol. The van der Waals surface area contributed by atoms with Gasteiger partial charge in [-0.1, -0.05) is 11.6 Å². The van der Waals surface area contributed by atoms with Gasteiger partial charge in [0.25, 0.3) is 0 Å². The van der Waals surface area contributed by atoms with E-state index in [2.05, 4.69) is 0 Å². The van der Waals surface area contributed by atoms with Gasteiger partial charge in [-0.3, -0.25) is 0 Å². The molecule has 0 radical (unpaired) electrons. The molecule has 0 saturated carbocycles. The number of fused-ring (bicyclic) bond motifs is 1. The lowest BCUT2D eigenvalue weighted by Crippen LogP contribution is -2.26. The SMILES string of the molecule is NC(Cc1cc(Cl)cc2c1OCC2)CC1CCOC1. The van der Waals surface area contributed by atoms with Crippen LogP contribution in [0.2, 0.25) is 5.02 Å². The zero-order chi connectivity index (χ0) is 13.2. The minimum absolute atomic E-state index is 0.151. The largest absolute Gasteiger partial charge is 0.493 e. The predicted octanol–water partition coefficient (Wildman–Crippen LogP) is 2.57. The van der Waals surface area contributed by atoms with Gasteiger partial charge in [0.2, 0.25) is 0 Å². The highest BCUT2D eigenvalue weighted by molar-refractivity contribution is 6.30. The van der Waals surface area contributed by atoms with E-state index in [1.165, 1.54) is 5.56 Å². The molecule has 0 aromatic heterocycles. The molecule has 4 heteroatoms. The second kappa shape index (κ2) is 5.70. The Morgan fingerprint density at radius 1 is 1.37 bits per heavy atom. The quantitative estimate of drug-likeness (QED) is 0.922. The van der Waals surface area contributed by atoms with Crippen molar-refractivity contribution in [2.75, 3.05) is 19.8 Å². The number of benzene rings is 1. The molecule has 0 aliphatic carbocycles. The summed E-state index contributed by atoms with van der Waals surface area (Å²) in [5.41, 5.74) is 8.66. The Bertz CT molecular complexity index is 458. The molecule has 2 N–H and O–H groups in total. The number of hydrogen-bond acceptors (Lipinski definition) is 3. The van der Waals surface area contributed by atoms with E-state index >= 15 is 0 Å². The summed E-state index contributed by atoms with van der Waals surface area (Å²) in [6, 6.07) is 4.15. The summed E-state index contributed by atoms with van der Waals surface area (Å²) in [4.78, 5) is 0. The summed E-state index contributed by atoms with van der Waals surface area (Å²) in [6.45, 7) is 2.50. The molecule has 0 amide bonds. The van der Waals surface area contributed by atoms with Gasteiger partial charge in [-0.25, -0.2) is 0 Å². The number of nitrogens with two attached hydrogens (primary N) is 1. The summed E-state index contributed by atoms with van der Waals surface area (Å²) in [5.74, 6) is 1.63. The topological polar surface area (TPSA) is 44.5 Å². The van der Waals surface area contributed by atoms with Gasteiger partial charge in [0.1, 0.15) is 5.75 Å². The molecule has 1 aromatic carbocycles. The average Bonchev–Trinajstić information content (AvgIpc) is 2.99. The third kappa shape index (κ3) is 3.04. The molecule has 2 unspecified atom stereocenters. The van der Waals surface area contributed by atoms with Crippen molar-refractivity contribution < 1.29 is 9.47 Å². The highest BCUT2D eigenvalue weighted by Gasteiger charge is 2.22. The van der Waals surface area contributed by atoms with Gasteiger partial charge < -0.3 is 15.2 Å².